The molecule has 0 bridgehead atoms. The summed E-state index contributed by atoms with van der Waals surface area (Å²) >= 11 is 1.37. The lowest BCUT2D eigenvalue weighted by Crippen LogP contribution is -2.46. The maximum Gasteiger partial charge on any atom is 0.413 e. The summed E-state index contributed by atoms with van der Waals surface area (Å²) in [5.74, 6) is -0.816. The van der Waals surface area contributed by atoms with Crippen molar-refractivity contribution in [2.45, 2.75) is 57.6 Å². The lowest BCUT2D eigenvalue weighted by atomic mass is 9.69. The number of thioether (sulfide) groups is 1. The predicted octanol–water partition coefficient (Wildman–Crippen LogP) is 4.56. The van der Waals surface area contributed by atoms with Crippen molar-refractivity contribution in [3.63, 3.8) is 0 Å². The Kier molecular flexibility index (Phi) is 5.38. The van der Waals surface area contributed by atoms with Crippen LogP contribution in [0.1, 0.15) is 52.0 Å². The van der Waals surface area contributed by atoms with E-state index in [1.54, 1.807) is 20.8 Å². The maximum atomic E-state index is 14.9. The van der Waals surface area contributed by atoms with Gasteiger partial charge in [-0.05, 0) is 51.7 Å². The van der Waals surface area contributed by atoms with Gasteiger partial charge in [-0.3, -0.25) is 10.3 Å². The number of fused-ring (bicyclic) bond motifs is 1. The van der Waals surface area contributed by atoms with Crippen LogP contribution in [-0.4, -0.2) is 22.6 Å². The van der Waals surface area contributed by atoms with E-state index in [0.29, 0.717) is 17.3 Å². The highest BCUT2D eigenvalue weighted by molar-refractivity contribution is 8.13. The molecule has 5 nitrogen and oxygen atoms in total. The number of nitrogens with zero attached hydrogens (tertiary/aromatic N) is 1. The number of hydrogen-bond acceptors (Lipinski definition) is 5. The zero-order valence-electron chi connectivity index (χ0n) is 15.8. The Morgan fingerprint density at radius 1 is 1.37 bits per heavy atom. The molecule has 1 heterocycles. The first-order valence-corrected chi connectivity index (χ1v) is 10.1. The molecule has 1 amide bonds. The third kappa shape index (κ3) is 4.05. The summed E-state index contributed by atoms with van der Waals surface area (Å²) in [4.78, 5) is 16.8. The minimum absolute atomic E-state index is 0.0220. The molecule has 8 heteroatoms. The SMILES string of the molecule is CC(C)(C)OC(=O)NC1=N[C@@]2(c3c(F)ccc(N)c3F)CCCC[C@H]2CS1. The molecule has 1 aliphatic carbocycles. The standard InChI is InChI=1S/C19H25F2N3O2S/c1-18(2,3)26-17(25)23-16-24-19(9-5-4-6-11(19)10-27-16)14-12(20)7-8-13(22)15(14)21/h7-8,11H,4-6,9-10,22H2,1-3H3,(H,23,24,25)/t11-,19-/m0/s1. The summed E-state index contributed by atoms with van der Waals surface area (Å²) in [5.41, 5.74) is 3.82. The molecular weight excluding hydrogens is 372 g/mol. The molecule has 1 aromatic carbocycles. The van der Waals surface area contributed by atoms with Crippen LogP contribution >= 0.6 is 11.8 Å². The van der Waals surface area contributed by atoms with E-state index in [0.717, 1.165) is 19.3 Å². The molecule has 1 fully saturated rings. The third-order valence-corrected chi connectivity index (χ3v) is 5.96. The predicted molar refractivity (Wildman–Crippen MR) is 104 cm³/mol. The van der Waals surface area contributed by atoms with Crippen LogP contribution in [-0.2, 0) is 10.3 Å². The molecule has 0 spiro atoms. The van der Waals surface area contributed by atoms with Crippen LogP contribution in [0.15, 0.2) is 17.1 Å². The van der Waals surface area contributed by atoms with Crippen molar-refractivity contribution >= 4 is 28.7 Å². The topological polar surface area (TPSA) is 76.7 Å². The third-order valence-electron chi connectivity index (χ3n) is 4.92. The second-order valence-corrected chi connectivity index (χ2v) is 9.06. The van der Waals surface area contributed by atoms with Crippen molar-refractivity contribution in [3.8, 4) is 0 Å². The number of benzene rings is 1. The summed E-state index contributed by atoms with van der Waals surface area (Å²) < 4.78 is 34.8. The molecule has 148 valence electrons. The quantitative estimate of drug-likeness (QED) is 0.681. The van der Waals surface area contributed by atoms with Crippen LogP contribution in [0.2, 0.25) is 0 Å². The van der Waals surface area contributed by atoms with Gasteiger partial charge in [-0.1, -0.05) is 24.6 Å². The molecule has 2 aliphatic rings. The molecular formula is C19H25F2N3O2S. The van der Waals surface area contributed by atoms with Crippen LogP contribution < -0.4 is 11.1 Å². The van der Waals surface area contributed by atoms with E-state index in [2.05, 4.69) is 10.3 Å². The largest absolute Gasteiger partial charge is 0.444 e. The van der Waals surface area contributed by atoms with Gasteiger partial charge in [-0.2, -0.15) is 0 Å². The molecule has 1 aromatic rings. The van der Waals surface area contributed by atoms with E-state index in [4.69, 9.17) is 10.5 Å². The van der Waals surface area contributed by atoms with E-state index in [1.165, 1.54) is 23.9 Å². The van der Waals surface area contributed by atoms with Gasteiger partial charge in [0.25, 0.3) is 0 Å². The summed E-state index contributed by atoms with van der Waals surface area (Å²) in [6, 6.07) is 2.41. The molecule has 0 saturated heterocycles. The summed E-state index contributed by atoms with van der Waals surface area (Å²) in [5, 5.41) is 2.95. The minimum atomic E-state index is -1.06. The maximum absolute atomic E-state index is 14.9. The van der Waals surface area contributed by atoms with Gasteiger partial charge in [-0.25, -0.2) is 13.6 Å². The number of hydrogen-bond donors (Lipinski definition) is 2. The Balaban J connectivity index is 2.01. The lowest BCUT2D eigenvalue weighted by molar-refractivity contribution is 0.0563. The minimum Gasteiger partial charge on any atom is -0.444 e. The van der Waals surface area contributed by atoms with E-state index in [1.807, 2.05) is 0 Å². The number of anilines is 1. The Morgan fingerprint density at radius 2 is 2.11 bits per heavy atom. The Hall–Kier alpha value is -1.83. The first-order valence-electron chi connectivity index (χ1n) is 9.09. The first-order chi connectivity index (χ1) is 12.6. The van der Waals surface area contributed by atoms with E-state index < -0.39 is 28.9 Å². The van der Waals surface area contributed by atoms with Gasteiger partial charge >= 0.3 is 6.09 Å². The van der Waals surface area contributed by atoms with Crippen molar-refractivity contribution in [2.75, 3.05) is 11.5 Å². The van der Waals surface area contributed by atoms with Crippen LogP contribution in [0.3, 0.4) is 0 Å². The van der Waals surface area contributed by atoms with Gasteiger partial charge < -0.3 is 10.5 Å². The van der Waals surface area contributed by atoms with Gasteiger partial charge in [0.1, 0.15) is 11.4 Å². The number of nitrogen functional groups attached to an aromatic ring is 1. The average Bonchev–Trinajstić information content (AvgIpc) is 2.56. The number of alkyl carbamates (subject to hydrolysis) is 1. The highest BCUT2D eigenvalue weighted by Gasteiger charge is 2.48. The first kappa shape index (κ1) is 19.9. The van der Waals surface area contributed by atoms with Gasteiger partial charge in [0.2, 0.25) is 0 Å². The molecule has 3 rings (SSSR count). The number of carbonyl (C=O) groups excluding carboxylic acids is 1. The lowest BCUT2D eigenvalue weighted by Gasteiger charge is -2.44. The number of amides is 1. The van der Waals surface area contributed by atoms with Gasteiger partial charge in [-0.15, -0.1) is 0 Å². The highest BCUT2D eigenvalue weighted by Crippen LogP contribution is 2.51. The van der Waals surface area contributed by atoms with Crippen molar-refractivity contribution in [3.05, 3.63) is 29.3 Å². The number of rotatable bonds is 1. The summed E-state index contributed by atoms with van der Waals surface area (Å²) in [6.07, 6.45) is 2.49. The fourth-order valence-corrected chi connectivity index (χ4v) is 4.98. The van der Waals surface area contributed by atoms with E-state index in [-0.39, 0.29) is 17.2 Å². The number of halogens is 2. The van der Waals surface area contributed by atoms with Crippen molar-refractivity contribution in [2.24, 2.45) is 10.9 Å². The molecule has 0 unspecified atom stereocenters. The van der Waals surface area contributed by atoms with Crippen LogP contribution in [0, 0.1) is 17.6 Å². The molecule has 3 N–H and O–H groups in total. The molecule has 0 radical (unpaired) electrons. The van der Waals surface area contributed by atoms with Gasteiger partial charge in [0.05, 0.1) is 16.8 Å². The number of nitrogens with two attached hydrogens (primary N) is 1. The Labute approximate surface area is 162 Å². The molecule has 1 aliphatic heterocycles. The van der Waals surface area contributed by atoms with E-state index >= 15 is 0 Å². The zero-order valence-corrected chi connectivity index (χ0v) is 16.6. The van der Waals surface area contributed by atoms with Crippen LogP contribution in [0.25, 0.3) is 0 Å². The van der Waals surface area contributed by atoms with Crippen LogP contribution in [0.4, 0.5) is 19.3 Å². The smallest absolute Gasteiger partial charge is 0.413 e. The van der Waals surface area contributed by atoms with Crippen molar-refractivity contribution < 1.29 is 18.3 Å². The molecule has 0 aromatic heterocycles. The fraction of sp³-hybridized carbons (Fsp3) is 0.579. The summed E-state index contributed by atoms with van der Waals surface area (Å²) in [7, 11) is 0. The van der Waals surface area contributed by atoms with Crippen molar-refractivity contribution in [1.82, 2.24) is 5.32 Å². The number of nitrogens with one attached hydrogen (secondary N) is 1. The number of ether oxygens (including phenoxy) is 1. The Morgan fingerprint density at radius 3 is 2.81 bits per heavy atom. The normalized spacial score (nSPS) is 25.4. The van der Waals surface area contributed by atoms with Crippen LogP contribution in [0.5, 0.6) is 0 Å². The summed E-state index contributed by atoms with van der Waals surface area (Å²) in [6.45, 7) is 5.29. The fourth-order valence-electron chi connectivity index (χ4n) is 3.79. The number of amidine groups is 1. The molecule has 27 heavy (non-hydrogen) atoms. The highest BCUT2D eigenvalue weighted by atomic mass is 32.2. The van der Waals surface area contributed by atoms with Crippen molar-refractivity contribution in [1.29, 1.82) is 0 Å². The monoisotopic (exact) mass is 397 g/mol. The Bertz CT molecular complexity index is 779. The second-order valence-electron chi connectivity index (χ2n) is 8.05. The zero-order chi connectivity index (χ0) is 19.8. The van der Waals surface area contributed by atoms with Gasteiger partial charge in [0.15, 0.2) is 11.0 Å². The molecule has 1 saturated carbocycles. The number of aliphatic imine (C=N–C) groups is 1. The average molecular weight is 397 g/mol. The second kappa shape index (κ2) is 7.30. The van der Waals surface area contributed by atoms with Gasteiger partial charge in [0, 0.05) is 5.75 Å². The molecule has 2 atom stereocenters. The van der Waals surface area contributed by atoms with E-state index in [9.17, 15) is 13.6 Å². The number of carbonyl (C=O) groups is 1.